The molecule has 4 nitrogen and oxygen atoms in total. The van der Waals surface area contributed by atoms with E-state index in [9.17, 15) is 9.50 Å². The second-order valence-corrected chi connectivity index (χ2v) is 6.34. The number of aliphatic hydroxyl groups excluding tert-OH is 1. The standard InChI is InChI=1S/C23H24FNO3/c24-22-8-4-5-9-23(22)27-15-14-25-16-20(26)17-28-21-12-10-19(11-13-21)18-6-2-1-3-7-18/h1-13,20,25-26H,14-17H2. The van der Waals surface area contributed by atoms with E-state index < -0.39 is 6.10 Å². The number of para-hydroxylation sites is 1. The average Bonchev–Trinajstić information content (AvgIpc) is 2.74. The van der Waals surface area contributed by atoms with Crippen LogP contribution in [0, 0.1) is 5.82 Å². The van der Waals surface area contributed by atoms with Crippen LogP contribution in [0.25, 0.3) is 11.1 Å². The maximum Gasteiger partial charge on any atom is 0.165 e. The summed E-state index contributed by atoms with van der Waals surface area (Å²) < 4.78 is 24.4. The lowest BCUT2D eigenvalue weighted by molar-refractivity contribution is 0.105. The molecule has 146 valence electrons. The highest BCUT2D eigenvalue weighted by Crippen LogP contribution is 2.22. The van der Waals surface area contributed by atoms with Crippen LogP contribution < -0.4 is 14.8 Å². The van der Waals surface area contributed by atoms with Crippen molar-refractivity contribution in [2.75, 3.05) is 26.3 Å². The number of aliphatic hydroxyl groups is 1. The first kappa shape index (κ1) is 19.9. The van der Waals surface area contributed by atoms with Gasteiger partial charge in [0.1, 0.15) is 25.1 Å². The normalized spacial score (nSPS) is 11.8. The lowest BCUT2D eigenvalue weighted by Gasteiger charge is -2.14. The number of nitrogens with one attached hydrogen (secondary N) is 1. The Labute approximate surface area is 164 Å². The van der Waals surface area contributed by atoms with Crippen LogP contribution in [0.2, 0.25) is 0 Å². The summed E-state index contributed by atoms with van der Waals surface area (Å²) in [5, 5.41) is 13.1. The lowest BCUT2D eigenvalue weighted by atomic mass is 10.1. The molecule has 0 bridgehead atoms. The van der Waals surface area contributed by atoms with Crippen molar-refractivity contribution in [3.8, 4) is 22.6 Å². The summed E-state index contributed by atoms with van der Waals surface area (Å²) in [4.78, 5) is 0. The molecule has 1 atom stereocenters. The molecule has 3 aromatic rings. The van der Waals surface area contributed by atoms with E-state index in [1.165, 1.54) is 6.07 Å². The summed E-state index contributed by atoms with van der Waals surface area (Å²) in [6, 6.07) is 24.2. The third kappa shape index (κ3) is 6.08. The Bertz CT molecular complexity index is 840. The van der Waals surface area contributed by atoms with Crippen molar-refractivity contribution in [2.45, 2.75) is 6.10 Å². The molecule has 0 aliphatic heterocycles. The molecule has 5 heteroatoms. The van der Waals surface area contributed by atoms with Gasteiger partial charge in [-0.3, -0.25) is 0 Å². The van der Waals surface area contributed by atoms with E-state index in [0.29, 0.717) is 25.4 Å². The highest BCUT2D eigenvalue weighted by Gasteiger charge is 2.06. The maximum absolute atomic E-state index is 13.4. The molecule has 0 fully saturated rings. The molecule has 0 heterocycles. The van der Waals surface area contributed by atoms with E-state index in [4.69, 9.17) is 9.47 Å². The lowest BCUT2D eigenvalue weighted by Crippen LogP contribution is -2.33. The van der Waals surface area contributed by atoms with Crippen LogP contribution in [0.5, 0.6) is 11.5 Å². The van der Waals surface area contributed by atoms with Gasteiger partial charge < -0.3 is 19.9 Å². The van der Waals surface area contributed by atoms with Crippen LogP contribution in [0.4, 0.5) is 4.39 Å². The third-order valence-corrected chi connectivity index (χ3v) is 4.16. The Kier molecular flexibility index (Phi) is 7.41. The first-order valence-corrected chi connectivity index (χ1v) is 9.27. The summed E-state index contributed by atoms with van der Waals surface area (Å²) in [6.07, 6.45) is -0.651. The smallest absolute Gasteiger partial charge is 0.165 e. The van der Waals surface area contributed by atoms with Crippen molar-refractivity contribution >= 4 is 0 Å². The minimum absolute atomic E-state index is 0.186. The van der Waals surface area contributed by atoms with Crippen molar-refractivity contribution in [3.63, 3.8) is 0 Å². The van der Waals surface area contributed by atoms with Gasteiger partial charge in [0.15, 0.2) is 11.6 Å². The fraction of sp³-hybridized carbons (Fsp3) is 0.217. The monoisotopic (exact) mass is 381 g/mol. The van der Waals surface area contributed by atoms with E-state index >= 15 is 0 Å². The van der Waals surface area contributed by atoms with Crippen LogP contribution in [-0.2, 0) is 0 Å². The van der Waals surface area contributed by atoms with Crippen LogP contribution in [0.3, 0.4) is 0 Å². The molecule has 3 aromatic carbocycles. The topological polar surface area (TPSA) is 50.7 Å². The van der Waals surface area contributed by atoms with Crippen molar-refractivity contribution in [3.05, 3.63) is 84.7 Å². The number of hydrogen-bond acceptors (Lipinski definition) is 4. The van der Waals surface area contributed by atoms with Gasteiger partial charge in [0.25, 0.3) is 0 Å². The summed E-state index contributed by atoms with van der Waals surface area (Å²) in [5.74, 6) is 0.558. The number of rotatable bonds is 10. The molecule has 0 radical (unpaired) electrons. The summed E-state index contributed by atoms with van der Waals surface area (Å²) in [6.45, 7) is 1.36. The Morgan fingerprint density at radius 2 is 1.50 bits per heavy atom. The first-order chi connectivity index (χ1) is 13.7. The zero-order valence-corrected chi connectivity index (χ0v) is 15.6. The molecular formula is C23H24FNO3. The van der Waals surface area contributed by atoms with Gasteiger partial charge in [0.05, 0.1) is 0 Å². The largest absolute Gasteiger partial charge is 0.491 e. The molecule has 1 unspecified atom stereocenters. The van der Waals surface area contributed by atoms with Crippen molar-refractivity contribution in [1.29, 1.82) is 0 Å². The third-order valence-electron chi connectivity index (χ3n) is 4.16. The van der Waals surface area contributed by atoms with Crippen molar-refractivity contribution in [1.82, 2.24) is 5.32 Å². The second kappa shape index (κ2) is 10.4. The van der Waals surface area contributed by atoms with E-state index in [1.807, 2.05) is 42.5 Å². The van der Waals surface area contributed by atoms with Gasteiger partial charge in [-0.15, -0.1) is 0 Å². The minimum atomic E-state index is -0.651. The number of hydrogen-bond donors (Lipinski definition) is 2. The van der Waals surface area contributed by atoms with Crippen LogP contribution in [0.15, 0.2) is 78.9 Å². The van der Waals surface area contributed by atoms with Gasteiger partial charge in [-0.2, -0.15) is 0 Å². The number of halogens is 1. The SMILES string of the molecule is OC(CNCCOc1ccccc1F)COc1ccc(-c2ccccc2)cc1. The fourth-order valence-corrected chi connectivity index (χ4v) is 2.69. The van der Waals surface area contributed by atoms with Crippen LogP contribution >= 0.6 is 0 Å². The summed E-state index contributed by atoms with van der Waals surface area (Å²) >= 11 is 0. The van der Waals surface area contributed by atoms with Gasteiger partial charge in [0.2, 0.25) is 0 Å². The van der Waals surface area contributed by atoms with Gasteiger partial charge in [-0.25, -0.2) is 4.39 Å². The predicted molar refractivity (Wildman–Crippen MR) is 108 cm³/mol. The highest BCUT2D eigenvalue weighted by atomic mass is 19.1. The molecule has 3 rings (SSSR count). The number of ether oxygens (including phenoxy) is 2. The van der Waals surface area contributed by atoms with Crippen LogP contribution in [-0.4, -0.2) is 37.5 Å². The Balaban J connectivity index is 1.33. The Morgan fingerprint density at radius 3 is 2.25 bits per heavy atom. The molecule has 0 aliphatic rings. The zero-order valence-electron chi connectivity index (χ0n) is 15.6. The molecule has 2 N–H and O–H groups in total. The van der Waals surface area contributed by atoms with E-state index in [2.05, 4.69) is 17.4 Å². The number of benzene rings is 3. The van der Waals surface area contributed by atoms with Gasteiger partial charge in [-0.1, -0.05) is 54.6 Å². The highest BCUT2D eigenvalue weighted by molar-refractivity contribution is 5.63. The van der Waals surface area contributed by atoms with Crippen molar-refractivity contribution < 1.29 is 19.0 Å². The average molecular weight is 381 g/mol. The molecule has 0 spiro atoms. The molecular weight excluding hydrogens is 357 g/mol. The van der Waals surface area contributed by atoms with Crippen molar-refractivity contribution in [2.24, 2.45) is 0 Å². The molecule has 0 saturated heterocycles. The molecule has 0 amide bonds. The van der Waals surface area contributed by atoms with Gasteiger partial charge >= 0.3 is 0 Å². The molecule has 28 heavy (non-hydrogen) atoms. The first-order valence-electron chi connectivity index (χ1n) is 9.27. The van der Waals surface area contributed by atoms with E-state index in [-0.39, 0.29) is 18.2 Å². The minimum Gasteiger partial charge on any atom is -0.491 e. The zero-order chi connectivity index (χ0) is 19.6. The van der Waals surface area contributed by atoms with E-state index in [0.717, 1.165) is 11.1 Å². The van der Waals surface area contributed by atoms with Gasteiger partial charge in [0, 0.05) is 13.1 Å². The molecule has 0 aliphatic carbocycles. The van der Waals surface area contributed by atoms with Crippen LogP contribution in [0.1, 0.15) is 0 Å². The molecule has 0 aromatic heterocycles. The summed E-state index contributed by atoms with van der Waals surface area (Å²) in [5.41, 5.74) is 2.26. The fourth-order valence-electron chi connectivity index (χ4n) is 2.69. The van der Waals surface area contributed by atoms with Gasteiger partial charge in [-0.05, 0) is 35.4 Å². The summed E-state index contributed by atoms with van der Waals surface area (Å²) in [7, 11) is 0. The predicted octanol–water partition coefficient (Wildman–Crippen LogP) is 3.90. The second-order valence-electron chi connectivity index (χ2n) is 6.34. The van der Waals surface area contributed by atoms with E-state index in [1.54, 1.807) is 18.2 Å². The molecule has 0 saturated carbocycles. The quantitative estimate of drug-likeness (QED) is 0.523. The maximum atomic E-state index is 13.4. The Hall–Kier alpha value is -2.89. The Morgan fingerprint density at radius 1 is 0.821 bits per heavy atom.